The molecule has 0 rings (SSSR count). The molecular weight excluding hydrogens is 128 g/mol. The number of ether oxygens (including phenoxy) is 1. The van der Waals surface area contributed by atoms with Crippen LogP contribution >= 0.6 is 0 Å². The molecule has 3 heteroatoms. The molecule has 0 aliphatic heterocycles. The highest BCUT2D eigenvalue weighted by atomic mass is 16.5. The van der Waals surface area contributed by atoms with Gasteiger partial charge in [0.15, 0.2) is 0 Å². The standard InChI is InChI=1S/C7H18N2O/c1-5-10-7(8-2)6-9(3)4/h7-8H,5-6H2,1-4H3. The first-order valence-corrected chi connectivity index (χ1v) is 3.64. The summed E-state index contributed by atoms with van der Waals surface area (Å²) >= 11 is 0. The van der Waals surface area contributed by atoms with Gasteiger partial charge in [-0.25, -0.2) is 0 Å². The SMILES string of the molecule is CCOC(CN(C)C)NC. The van der Waals surface area contributed by atoms with E-state index < -0.39 is 0 Å². The van der Waals surface area contributed by atoms with E-state index in [1.807, 2.05) is 28.1 Å². The summed E-state index contributed by atoms with van der Waals surface area (Å²) in [6, 6.07) is 0. The van der Waals surface area contributed by atoms with Crippen LogP contribution in [0.2, 0.25) is 0 Å². The van der Waals surface area contributed by atoms with E-state index in [0.717, 1.165) is 13.2 Å². The molecule has 1 atom stereocenters. The van der Waals surface area contributed by atoms with E-state index in [4.69, 9.17) is 4.74 Å². The second-order valence-corrected chi connectivity index (χ2v) is 2.49. The van der Waals surface area contributed by atoms with Crippen LogP contribution in [0.5, 0.6) is 0 Å². The Morgan fingerprint density at radius 1 is 1.50 bits per heavy atom. The number of hydrogen-bond donors (Lipinski definition) is 1. The van der Waals surface area contributed by atoms with Gasteiger partial charge in [-0.2, -0.15) is 0 Å². The number of rotatable bonds is 5. The third-order valence-electron chi connectivity index (χ3n) is 1.22. The van der Waals surface area contributed by atoms with Crippen molar-refractivity contribution in [2.75, 3.05) is 34.3 Å². The van der Waals surface area contributed by atoms with Crippen LogP contribution in [0.1, 0.15) is 6.92 Å². The summed E-state index contributed by atoms with van der Waals surface area (Å²) in [5.41, 5.74) is 0. The zero-order valence-corrected chi connectivity index (χ0v) is 7.35. The number of hydrogen-bond acceptors (Lipinski definition) is 3. The fourth-order valence-electron chi connectivity index (χ4n) is 0.760. The fraction of sp³-hybridized carbons (Fsp3) is 1.00. The van der Waals surface area contributed by atoms with Crippen molar-refractivity contribution in [1.29, 1.82) is 0 Å². The van der Waals surface area contributed by atoms with Crippen LogP contribution in [0, 0.1) is 0 Å². The molecule has 62 valence electrons. The maximum absolute atomic E-state index is 5.35. The van der Waals surface area contributed by atoms with Crippen LogP contribution in [0.25, 0.3) is 0 Å². The van der Waals surface area contributed by atoms with Crippen LogP contribution in [0.3, 0.4) is 0 Å². The normalized spacial score (nSPS) is 14.1. The van der Waals surface area contributed by atoms with Crippen molar-refractivity contribution in [2.24, 2.45) is 0 Å². The summed E-state index contributed by atoms with van der Waals surface area (Å²) in [4.78, 5) is 2.09. The van der Waals surface area contributed by atoms with Crippen molar-refractivity contribution < 1.29 is 4.74 Å². The van der Waals surface area contributed by atoms with E-state index >= 15 is 0 Å². The van der Waals surface area contributed by atoms with Gasteiger partial charge in [-0.1, -0.05) is 0 Å². The number of nitrogens with one attached hydrogen (secondary N) is 1. The molecule has 0 fully saturated rings. The second kappa shape index (κ2) is 5.65. The third-order valence-corrected chi connectivity index (χ3v) is 1.22. The van der Waals surface area contributed by atoms with E-state index in [1.165, 1.54) is 0 Å². The summed E-state index contributed by atoms with van der Waals surface area (Å²) in [6.07, 6.45) is 0.167. The van der Waals surface area contributed by atoms with Crippen LogP contribution in [0.4, 0.5) is 0 Å². The third kappa shape index (κ3) is 4.73. The molecule has 0 aliphatic rings. The van der Waals surface area contributed by atoms with E-state index in [0.29, 0.717) is 0 Å². The van der Waals surface area contributed by atoms with Crippen molar-refractivity contribution in [1.82, 2.24) is 10.2 Å². The summed E-state index contributed by atoms with van der Waals surface area (Å²) in [5, 5.41) is 3.07. The Bertz CT molecular complexity index is 76.0. The average molecular weight is 146 g/mol. The monoisotopic (exact) mass is 146 g/mol. The topological polar surface area (TPSA) is 24.5 Å². The molecule has 0 spiro atoms. The molecule has 0 saturated carbocycles. The van der Waals surface area contributed by atoms with Crippen LogP contribution in [0.15, 0.2) is 0 Å². The van der Waals surface area contributed by atoms with Crippen molar-refractivity contribution in [3.63, 3.8) is 0 Å². The number of likely N-dealkylation sites (N-methyl/N-ethyl adjacent to an activating group) is 2. The molecule has 1 N–H and O–H groups in total. The van der Waals surface area contributed by atoms with Crippen LogP contribution < -0.4 is 5.32 Å². The van der Waals surface area contributed by atoms with E-state index in [2.05, 4.69) is 10.2 Å². The smallest absolute Gasteiger partial charge is 0.120 e. The Labute approximate surface area is 63.4 Å². The highest BCUT2D eigenvalue weighted by Crippen LogP contribution is 1.87. The van der Waals surface area contributed by atoms with Gasteiger partial charge in [0.05, 0.1) is 0 Å². The lowest BCUT2D eigenvalue weighted by atomic mass is 10.5. The van der Waals surface area contributed by atoms with Crippen molar-refractivity contribution >= 4 is 0 Å². The molecule has 3 nitrogen and oxygen atoms in total. The fourth-order valence-corrected chi connectivity index (χ4v) is 0.760. The van der Waals surface area contributed by atoms with E-state index in [1.54, 1.807) is 0 Å². The molecule has 10 heavy (non-hydrogen) atoms. The molecule has 0 heterocycles. The van der Waals surface area contributed by atoms with Gasteiger partial charge in [-0.3, -0.25) is 5.32 Å². The zero-order valence-electron chi connectivity index (χ0n) is 7.35. The lowest BCUT2D eigenvalue weighted by molar-refractivity contribution is 0.0264. The first-order valence-electron chi connectivity index (χ1n) is 3.64. The molecule has 0 bridgehead atoms. The molecular formula is C7H18N2O. The maximum atomic E-state index is 5.35. The molecule has 0 saturated heterocycles. The summed E-state index contributed by atoms with van der Waals surface area (Å²) in [6.45, 7) is 3.68. The molecule has 0 aromatic rings. The molecule has 0 aliphatic carbocycles. The maximum Gasteiger partial charge on any atom is 0.120 e. The molecule has 1 unspecified atom stereocenters. The quantitative estimate of drug-likeness (QED) is 0.558. The zero-order chi connectivity index (χ0) is 7.98. The van der Waals surface area contributed by atoms with Gasteiger partial charge in [0.2, 0.25) is 0 Å². The van der Waals surface area contributed by atoms with Gasteiger partial charge in [-0.05, 0) is 28.1 Å². The molecule has 0 radical (unpaired) electrons. The van der Waals surface area contributed by atoms with E-state index in [-0.39, 0.29) is 6.23 Å². The van der Waals surface area contributed by atoms with Gasteiger partial charge in [0.1, 0.15) is 6.23 Å². The average Bonchev–Trinajstić information content (AvgIpc) is 1.86. The van der Waals surface area contributed by atoms with E-state index in [9.17, 15) is 0 Å². The number of nitrogens with zero attached hydrogens (tertiary/aromatic N) is 1. The minimum absolute atomic E-state index is 0.167. The van der Waals surface area contributed by atoms with Crippen LogP contribution in [-0.4, -0.2) is 45.4 Å². The van der Waals surface area contributed by atoms with Gasteiger partial charge in [0.25, 0.3) is 0 Å². The Kier molecular flexibility index (Phi) is 5.58. The van der Waals surface area contributed by atoms with Crippen LogP contribution in [-0.2, 0) is 4.74 Å². The summed E-state index contributed by atoms with van der Waals surface area (Å²) in [7, 11) is 5.97. The second-order valence-electron chi connectivity index (χ2n) is 2.49. The Morgan fingerprint density at radius 3 is 2.40 bits per heavy atom. The summed E-state index contributed by atoms with van der Waals surface area (Å²) in [5.74, 6) is 0. The van der Waals surface area contributed by atoms with Crippen molar-refractivity contribution in [3.8, 4) is 0 Å². The predicted octanol–water partition coefficient (Wildman–Crippen LogP) is 0.130. The Hall–Kier alpha value is -0.120. The minimum atomic E-state index is 0.167. The summed E-state index contributed by atoms with van der Waals surface area (Å²) < 4.78 is 5.35. The lowest BCUT2D eigenvalue weighted by Gasteiger charge is -2.19. The first kappa shape index (κ1) is 9.88. The van der Waals surface area contributed by atoms with Gasteiger partial charge in [0, 0.05) is 13.2 Å². The highest BCUT2D eigenvalue weighted by molar-refractivity contribution is 4.54. The molecule has 0 aromatic carbocycles. The lowest BCUT2D eigenvalue weighted by Crippen LogP contribution is -2.38. The molecule has 0 aromatic heterocycles. The largest absolute Gasteiger partial charge is 0.362 e. The van der Waals surface area contributed by atoms with Crippen molar-refractivity contribution in [3.05, 3.63) is 0 Å². The highest BCUT2D eigenvalue weighted by Gasteiger charge is 2.04. The molecule has 0 amide bonds. The minimum Gasteiger partial charge on any atom is -0.362 e. The Morgan fingerprint density at radius 2 is 2.10 bits per heavy atom. The predicted molar refractivity (Wildman–Crippen MR) is 43.0 cm³/mol. The van der Waals surface area contributed by atoms with Gasteiger partial charge < -0.3 is 9.64 Å². The first-order chi connectivity index (χ1) is 4.70. The Balaban J connectivity index is 3.39. The van der Waals surface area contributed by atoms with Gasteiger partial charge in [-0.15, -0.1) is 0 Å². The van der Waals surface area contributed by atoms with Gasteiger partial charge >= 0.3 is 0 Å². The van der Waals surface area contributed by atoms with Crippen molar-refractivity contribution in [2.45, 2.75) is 13.2 Å².